The molecular weight excluding hydrogens is 302 g/mol. The number of fused-ring (bicyclic) bond motifs is 3. The molecule has 0 aliphatic heterocycles. The second kappa shape index (κ2) is 5.57. The lowest BCUT2D eigenvalue weighted by molar-refractivity contribution is -0.137. The third kappa shape index (κ3) is 2.41. The highest BCUT2D eigenvalue weighted by Crippen LogP contribution is 2.28. The molecule has 0 radical (unpaired) electrons. The van der Waals surface area contributed by atoms with E-state index in [1.807, 2.05) is 17.4 Å². The average Bonchev–Trinajstić information content (AvgIpc) is 3.00. The Bertz CT molecular complexity index is 920. The smallest absolute Gasteiger partial charge is 0.303 e. The van der Waals surface area contributed by atoms with Gasteiger partial charge in [-0.1, -0.05) is 6.92 Å². The number of carbonyl (C=O) groups is 1. The molecule has 3 rings (SSSR count). The molecule has 1 N–H and O–H groups in total. The van der Waals surface area contributed by atoms with Crippen LogP contribution in [0.2, 0.25) is 0 Å². The predicted octanol–water partition coefficient (Wildman–Crippen LogP) is 2.45. The van der Waals surface area contributed by atoms with Gasteiger partial charge in [0, 0.05) is 17.8 Å². The Morgan fingerprint density at radius 2 is 2.14 bits per heavy atom. The van der Waals surface area contributed by atoms with Gasteiger partial charge in [-0.3, -0.25) is 14.0 Å². The largest absolute Gasteiger partial charge is 0.481 e. The summed E-state index contributed by atoms with van der Waals surface area (Å²) in [6.07, 6.45) is 1.40. The van der Waals surface area contributed by atoms with Crippen LogP contribution in [0.4, 0.5) is 0 Å². The molecule has 116 valence electrons. The summed E-state index contributed by atoms with van der Waals surface area (Å²) >= 11 is 1.69. The van der Waals surface area contributed by atoms with Crippen molar-refractivity contribution < 1.29 is 9.90 Å². The fraction of sp³-hybridized carbons (Fsp3) is 0.400. The molecule has 0 aromatic carbocycles. The van der Waals surface area contributed by atoms with E-state index in [1.54, 1.807) is 11.3 Å². The lowest BCUT2D eigenvalue weighted by Crippen LogP contribution is -2.26. The van der Waals surface area contributed by atoms with Gasteiger partial charge in [-0.2, -0.15) is 5.10 Å². The first kappa shape index (κ1) is 14.8. The molecule has 0 fully saturated rings. The van der Waals surface area contributed by atoms with Crippen molar-refractivity contribution in [2.75, 3.05) is 0 Å². The van der Waals surface area contributed by atoms with Crippen LogP contribution in [0.5, 0.6) is 0 Å². The second-order valence-electron chi connectivity index (χ2n) is 5.25. The number of rotatable bonds is 5. The van der Waals surface area contributed by atoms with Crippen LogP contribution in [0.3, 0.4) is 0 Å². The van der Waals surface area contributed by atoms with Crippen LogP contribution in [0.1, 0.15) is 30.5 Å². The zero-order valence-electron chi connectivity index (χ0n) is 12.5. The summed E-state index contributed by atoms with van der Waals surface area (Å²) in [6.45, 7) is 4.29. The fourth-order valence-electron chi connectivity index (χ4n) is 2.65. The van der Waals surface area contributed by atoms with Crippen molar-refractivity contribution in [1.82, 2.24) is 14.2 Å². The number of aliphatic carboxylic acids is 1. The molecular formula is C15H17N3O3S. The highest BCUT2D eigenvalue weighted by molar-refractivity contribution is 7.19. The van der Waals surface area contributed by atoms with E-state index in [0.717, 1.165) is 22.5 Å². The number of carboxylic acids is 1. The summed E-state index contributed by atoms with van der Waals surface area (Å²) in [5.74, 6) is -0.124. The second-order valence-corrected chi connectivity index (χ2v) is 6.42. The molecule has 0 aliphatic rings. The van der Waals surface area contributed by atoms with Crippen molar-refractivity contribution in [2.24, 2.45) is 0 Å². The molecule has 3 aromatic rings. The third-order valence-corrected chi connectivity index (χ3v) is 4.91. The zero-order valence-corrected chi connectivity index (χ0v) is 13.3. The van der Waals surface area contributed by atoms with Crippen LogP contribution in [0, 0.1) is 6.92 Å². The van der Waals surface area contributed by atoms with Gasteiger partial charge in [-0.25, -0.2) is 4.68 Å². The first-order chi connectivity index (χ1) is 10.5. The van der Waals surface area contributed by atoms with E-state index in [-0.39, 0.29) is 12.0 Å². The molecule has 0 aliphatic carbocycles. The summed E-state index contributed by atoms with van der Waals surface area (Å²) in [7, 11) is 0. The summed E-state index contributed by atoms with van der Waals surface area (Å²) < 4.78 is 4.35. The van der Waals surface area contributed by atoms with Gasteiger partial charge in [0.2, 0.25) is 0 Å². The summed E-state index contributed by atoms with van der Waals surface area (Å²) in [5.41, 5.74) is 1.46. The van der Waals surface area contributed by atoms with Crippen molar-refractivity contribution >= 4 is 33.0 Å². The monoisotopic (exact) mass is 319 g/mol. The van der Waals surface area contributed by atoms with Crippen molar-refractivity contribution in [1.29, 1.82) is 0 Å². The maximum Gasteiger partial charge on any atom is 0.303 e. The minimum atomic E-state index is -0.860. The summed E-state index contributed by atoms with van der Waals surface area (Å²) in [5, 5.41) is 13.0. The summed E-state index contributed by atoms with van der Waals surface area (Å²) in [4.78, 5) is 24.4. The first-order valence-electron chi connectivity index (χ1n) is 7.24. The Kier molecular flexibility index (Phi) is 3.74. The van der Waals surface area contributed by atoms with Gasteiger partial charge < -0.3 is 5.11 Å². The molecule has 0 atom stereocenters. The molecule has 6 nitrogen and oxygen atoms in total. The number of hydrogen-bond acceptors (Lipinski definition) is 4. The molecule has 0 saturated carbocycles. The van der Waals surface area contributed by atoms with Crippen LogP contribution in [0.15, 0.2) is 16.9 Å². The minimum Gasteiger partial charge on any atom is -0.481 e. The topological polar surface area (TPSA) is 76.6 Å². The Morgan fingerprint density at radius 3 is 2.82 bits per heavy atom. The van der Waals surface area contributed by atoms with Crippen molar-refractivity contribution in [2.45, 2.75) is 39.7 Å². The van der Waals surface area contributed by atoms with Crippen LogP contribution in [-0.2, 0) is 17.8 Å². The Hall–Kier alpha value is -2.15. The van der Waals surface area contributed by atoms with E-state index in [9.17, 15) is 9.59 Å². The van der Waals surface area contributed by atoms with Gasteiger partial charge in [0.25, 0.3) is 5.56 Å². The van der Waals surface area contributed by atoms with Gasteiger partial charge in [-0.05, 0) is 31.9 Å². The van der Waals surface area contributed by atoms with E-state index < -0.39 is 5.97 Å². The van der Waals surface area contributed by atoms with E-state index >= 15 is 0 Å². The van der Waals surface area contributed by atoms with E-state index in [2.05, 4.69) is 18.1 Å². The van der Waals surface area contributed by atoms with Crippen molar-refractivity contribution in [3.8, 4) is 0 Å². The maximum atomic E-state index is 12.5. The van der Waals surface area contributed by atoms with Crippen molar-refractivity contribution in [3.05, 3.63) is 33.2 Å². The van der Waals surface area contributed by atoms with Crippen LogP contribution >= 0.6 is 11.3 Å². The van der Waals surface area contributed by atoms with Gasteiger partial charge in [0.05, 0.1) is 10.2 Å². The van der Waals surface area contributed by atoms with Gasteiger partial charge in [0.15, 0.2) is 0 Å². The first-order valence-corrected chi connectivity index (χ1v) is 8.06. The van der Waals surface area contributed by atoms with Crippen LogP contribution in [-0.4, -0.2) is 25.3 Å². The van der Waals surface area contributed by atoms with Gasteiger partial charge >= 0.3 is 5.97 Å². The summed E-state index contributed by atoms with van der Waals surface area (Å²) in [6, 6.07) is 4.01. The number of aromatic nitrogens is 3. The Balaban J connectivity index is 2.09. The van der Waals surface area contributed by atoms with E-state index in [1.165, 1.54) is 9.56 Å². The van der Waals surface area contributed by atoms with Crippen LogP contribution < -0.4 is 5.56 Å². The molecule has 7 heteroatoms. The minimum absolute atomic E-state index is 0.0360. The van der Waals surface area contributed by atoms with E-state index in [4.69, 9.17) is 5.11 Å². The number of hydrogen-bond donors (Lipinski definition) is 1. The molecule has 0 saturated heterocycles. The SMILES string of the molecule is CCc1cc2c(cc3c(=O)n(CCCC(=O)O)nc(C)n32)s1. The number of nitrogens with zero attached hydrogens (tertiary/aromatic N) is 3. The molecule has 0 unspecified atom stereocenters. The van der Waals surface area contributed by atoms with Gasteiger partial charge in [-0.15, -0.1) is 11.3 Å². The average molecular weight is 319 g/mol. The Labute approximate surface area is 130 Å². The predicted molar refractivity (Wildman–Crippen MR) is 85.8 cm³/mol. The number of thiophene rings is 1. The van der Waals surface area contributed by atoms with Gasteiger partial charge in [0.1, 0.15) is 11.3 Å². The van der Waals surface area contributed by atoms with Crippen molar-refractivity contribution in [3.63, 3.8) is 0 Å². The normalized spacial score (nSPS) is 11.5. The molecule has 0 bridgehead atoms. The van der Waals surface area contributed by atoms with E-state index in [0.29, 0.717) is 18.5 Å². The lowest BCUT2D eigenvalue weighted by atomic mass is 10.3. The number of aryl methyl sites for hydroxylation is 3. The quantitative estimate of drug-likeness (QED) is 0.783. The standard InChI is InChI=1S/C15H17N3O3S/c1-3-10-7-11-13(22-10)8-12-15(21)17(6-4-5-14(19)20)16-9(2)18(11)12/h7-8H,3-6H2,1-2H3,(H,19,20). The molecule has 3 heterocycles. The highest BCUT2D eigenvalue weighted by atomic mass is 32.1. The molecule has 0 amide bonds. The third-order valence-electron chi connectivity index (χ3n) is 3.69. The fourth-order valence-corrected chi connectivity index (χ4v) is 3.67. The molecule has 22 heavy (non-hydrogen) atoms. The lowest BCUT2D eigenvalue weighted by Gasteiger charge is -2.07. The zero-order chi connectivity index (χ0) is 15.9. The maximum absolute atomic E-state index is 12.5. The Morgan fingerprint density at radius 1 is 1.36 bits per heavy atom. The highest BCUT2D eigenvalue weighted by Gasteiger charge is 2.14. The molecule has 3 aromatic heterocycles. The molecule has 0 spiro atoms. The number of carboxylic acid groups (broad SMARTS) is 1. The van der Waals surface area contributed by atoms with Crippen LogP contribution in [0.25, 0.3) is 15.7 Å².